The number of nitrogens with zero attached hydrogens (tertiary/aromatic N) is 3. The van der Waals surface area contributed by atoms with Crippen molar-refractivity contribution in [3.05, 3.63) is 46.1 Å². The average molecular weight is 341 g/mol. The molecule has 1 amide bonds. The lowest BCUT2D eigenvalue weighted by atomic mass is 10.2. The molecule has 0 spiro atoms. The Labute approximate surface area is 141 Å². The first kappa shape index (κ1) is 15.2. The molecule has 0 radical (unpaired) electrons. The molecule has 0 aliphatic carbocycles. The van der Waals surface area contributed by atoms with Crippen LogP contribution in [0.3, 0.4) is 0 Å². The van der Waals surface area contributed by atoms with Gasteiger partial charge in [-0.05, 0) is 19.1 Å². The second-order valence-corrected chi connectivity index (χ2v) is 6.22. The van der Waals surface area contributed by atoms with Crippen LogP contribution in [0.5, 0.6) is 11.5 Å². The van der Waals surface area contributed by atoms with E-state index in [-0.39, 0.29) is 11.2 Å². The molecule has 0 fully saturated rings. The Morgan fingerprint density at radius 1 is 1.28 bits per heavy atom. The summed E-state index contributed by atoms with van der Waals surface area (Å²) in [5.74, 6) is -0.157. The van der Waals surface area contributed by atoms with Crippen LogP contribution < -0.4 is 20.3 Å². The van der Waals surface area contributed by atoms with Crippen LogP contribution in [0.25, 0.3) is 5.52 Å². The molecule has 25 heavy (non-hydrogen) atoms. The number of aromatic nitrogens is 4. The van der Waals surface area contributed by atoms with E-state index in [1.54, 1.807) is 45.2 Å². The largest absolute Gasteiger partial charge is 0.449 e. The van der Waals surface area contributed by atoms with Crippen LogP contribution in [-0.2, 0) is 0 Å². The van der Waals surface area contributed by atoms with E-state index in [0.717, 1.165) is 0 Å². The summed E-state index contributed by atoms with van der Waals surface area (Å²) in [7, 11) is 0. The lowest BCUT2D eigenvalue weighted by Crippen LogP contribution is -2.29. The minimum atomic E-state index is -0.750. The van der Waals surface area contributed by atoms with Gasteiger partial charge >= 0.3 is 0 Å². The Kier molecular flexibility index (Phi) is 3.08. The summed E-state index contributed by atoms with van der Waals surface area (Å²) in [4.78, 5) is 27.2. The molecular weight excluding hydrogens is 326 g/mol. The topological polar surface area (TPSA) is 111 Å². The number of hydrogen-bond acceptors (Lipinski definition) is 6. The van der Waals surface area contributed by atoms with Gasteiger partial charge in [-0.1, -0.05) is 5.21 Å². The van der Waals surface area contributed by atoms with Crippen LogP contribution in [0.2, 0.25) is 0 Å². The molecule has 128 valence electrons. The predicted molar refractivity (Wildman–Crippen MR) is 88.1 cm³/mol. The molecule has 9 heteroatoms. The number of hydrogen-bond donors (Lipinski definition) is 2. The number of nitrogens with one attached hydrogen (secondary N) is 2. The molecule has 3 aromatic rings. The molecule has 1 aromatic carbocycles. The first-order valence-electron chi connectivity index (χ1n) is 7.61. The van der Waals surface area contributed by atoms with Crippen molar-refractivity contribution in [2.45, 2.75) is 26.6 Å². The van der Waals surface area contributed by atoms with Gasteiger partial charge in [-0.15, -0.1) is 5.10 Å². The summed E-state index contributed by atoms with van der Waals surface area (Å²) >= 11 is 0. The standard InChI is InChI=1S/C16H15N5O4/c1-8-7-21-13(15(23)17-8)12(19-20-21)14(22)18-9-4-5-10-11(6-9)25-16(2,3)24-10/h4-7H,1-3H3,(H,17,23)(H,18,22). The van der Waals surface area contributed by atoms with E-state index in [1.165, 1.54) is 4.52 Å². The maximum Gasteiger partial charge on any atom is 0.278 e. The van der Waals surface area contributed by atoms with E-state index in [1.807, 2.05) is 0 Å². The number of aryl methyl sites for hydroxylation is 1. The number of fused-ring (bicyclic) bond motifs is 2. The highest BCUT2D eigenvalue weighted by Gasteiger charge is 2.31. The van der Waals surface area contributed by atoms with Crippen LogP contribution in [0.4, 0.5) is 5.69 Å². The Morgan fingerprint density at radius 2 is 2.04 bits per heavy atom. The highest BCUT2D eigenvalue weighted by molar-refractivity contribution is 6.07. The minimum Gasteiger partial charge on any atom is -0.449 e. The van der Waals surface area contributed by atoms with E-state index in [9.17, 15) is 9.59 Å². The molecule has 0 bridgehead atoms. The number of rotatable bonds is 2. The van der Waals surface area contributed by atoms with Crippen molar-refractivity contribution in [3.8, 4) is 11.5 Å². The number of aromatic amines is 1. The summed E-state index contributed by atoms with van der Waals surface area (Å²) in [5.41, 5.74) is 0.717. The van der Waals surface area contributed by atoms with Gasteiger partial charge in [0.2, 0.25) is 5.79 Å². The van der Waals surface area contributed by atoms with Gasteiger partial charge in [0.25, 0.3) is 11.5 Å². The number of anilines is 1. The zero-order valence-electron chi connectivity index (χ0n) is 13.8. The summed E-state index contributed by atoms with van der Waals surface area (Å²) in [6.07, 6.45) is 1.59. The fraction of sp³-hybridized carbons (Fsp3) is 0.250. The fourth-order valence-electron chi connectivity index (χ4n) is 2.69. The van der Waals surface area contributed by atoms with E-state index in [4.69, 9.17) is 9.47 Å². The van der Waals surface area contributed by atoms with E-state index in [2.05, 4.69) is 20.6 Å². The molecule has 1 aliphatic rings. The number of carbonyl (C=O) groups is 1. The van der Waals surface area contributed by atoms with Gasteiger partial charge in [-0.3, -0.25) is 9.59 Å². The lowest BCUT2D eigenvalue weighted by Gasteiger charge is -2.16. The zero-order chi connectivity index (χ0) is 17.8. The Bertz CT molecular complexity index is 1070. The first-order valence-corrected chi connectivity index (χ1v) is 7.61. The van der Waals surface area contributed by atoms with Gasteiger partial charge in [0.05, 0.1) is 6.20 Å². The highest BCUT2D eigenvalue weighted by Crippen LogP contribution is 2.40. The van der Waals surface area contributed by atoms with Gasteiger partial charge in [0.1, 0.15) is 0 Å². The first-order chi connectivity index (χ1) is 11.8. The van der Waals surface area contributed by atoms with Crippen molar-refractivity contribution in [2.75, 3.05) is 5.32 Å². The highest BCUT2D eigenvalue weighted by atomic mass is 16.7. The molecule has 4 rings (SSSR count). The van der Waals surface area contributed by atoms with Crippen LogP contribution in [0, 0.1) is 6.92 Å². The molecule has 3 heterocycles. The molecule has 0 atom stereocenters. The quantitative estimate of drug-likeness (QED) is 0.730. The van der Waals surface area contributed by atoms with Crippen LogP contribution in [0.15, 0.2) is 29.2 Å². The summed E-state index contributed by atoms with van der Waals surface area (Å²) in [6.45, 7) is 5.31. The van der Waals surface area contributed by atoms with Crippen molar-refractivity contribution in [2.24, 2.45) is 0 Å². The number of H-pyrrole nitrogens is 1. The maximum absolute atomic E-state index is 12.5. The average Bonchev–Trinajstić information content (AvgIpc) is 3.05. The number of carbonyl (C=O) groups excluding carboxylic acids is 1. The van der Waals surface area contributed by atoms with E-state index in [0.29, 0.717) is 22.9 Å². The Balaban J connectivity index is 1.65. The summed E-state index contributed by atoms with van der Waals surface area (Å²) in [6, 6.07) is 5.04. The molecular formula is C16H15N5O4. The second-order valence-electron chi connectivity index (χ2n) is 6.22. The van der Waals surface area contributed by atoms with Crippen molar-refractivity contribution in [1.29, 1.82) is 0 Å². The van der Waals surface area contributed by atoms with Crippen molar-refractivity contribution < 1.29 is 14.3 Å². The van der Waals surface area contributed by atoms with Crippen molar-refractivity contribution in [3.63, 3.8) is 0 Å². The Morgan fingerprint density at radius 3 is 2.84 bits per heavy atom. The Hall–Kier alpha value is -3.36. The molecule has 9 nitrogen and oxygen atoms in total. The van der Waals surface area contributed by atoms with E-state index >= 15 is 0 Å². The molecule has 1 aliphatic heterocycles. The predicted octanol–water partition coefficient (Wildman–Crippen LogP) is 1.49. The van der Waals surface area contributed by atoms with Crippen LogP contribution in [0.1, 0.15) is 30.0 Å². The number of amides is 1. The summed E-state index contributed by atoms with van der Waals surface area (Å²) < 4.78 is 12.5. The fourth-order valence-corrected chi connectivity index (χ4v) is 2.69. The minimum absolute atomic E-state index is 0.0563. The number of ether oxygens (including phenoxy) is 2. The SMILES string of the molecule is Cc1cn2nnc(C(=O)Nc3ccc4c(c3)OC(C)(C)O4)c2c(=O)[nH]1. The van der Waals surface area contributed by atoms with Gasteiger partial charge in [-0.2, -0.15) is 0 Å². The van der Waals surface area contributed by atoms with Crippen LogP contribution in [-0.4, -0.2) is 31.5 Å². The second kappa shape index (κ2) is 5.07. The third kappa shape index (κ3) is 2.59. The zero-order valence-corrected chi connectivity index (χ0v) is 13.8. The molecule has 2 aromatic heterocycles. The van der Waals surface area contributed by atoms with E-state index < -0.39 is 17.3 Å². The smallest absolute Gasteiger partial charge is 0.278 e. The lowest BCUT2D eigenvalue weighted by molar-refractivity contribution is -0.0431. The van der Waals surface area contributed by atoms with Gasteiger partial charge in [0.15, 0.2) is 22.7 Å². The van der Waals surface area contributed by atoms with Crippen molar-refractivity contribution in [1.82, 2.24) is 19.8 Å². The van der Waals surface area contributed by atoms with Crippen LogP contribution >= 0.6 is 0 Å². The van der Waals surface area contributed by atoms with Gasteiger partial charge in [-0.25, -0.2) is 4.52 Å². The third-order valence-corrected chi connectivity index (χ3v) is 3.66. The van der Waals surface area contributed by atoms with Gasteiger partial charge in [0, 0.05) is 31.3 Å². The number of benzene rings is 1. The molecule has 0 saturated carbocycles. The molecule has 2 N–H and O–H groups in total. The normalized spacial score (nSPS) is 14.7. The summed E-state index contributed by atoms with van der Waals surface area (Å²) in [5, 5.41) is 10.3. The molecule has 0 unspecified atom stereocenters. The third-order valence-electron chi connectivity index (χ3n) is 3.66. The molecule has 0 saturated heterocycles. The van der Waals surface area contributed by atoms with Crippen molar-refractivity contribution >= 4 is 17.1 Å². The monoisotopic (exact) mass is 341 g/mol. The van der Waals surface area contributed by atoms with Gasteiger partial charge < -0.3 is 19.8 Å². The maximum atomic E-state index is 12.5.